The minimum Gasteiger partial charge on any atom is -0.481 e. The molecule has 0 aromatic rings. The van der Waals surface area contributed by atoms with Crippen LogP contribution in [0.3, 0.4) is 0 Å². The molecular weight excluding hydrogens is 211 g/mol. The smallest absolute Gasteiger partial charge is 0.313 e. The molecule has 0 fully saturated rings. The fraction of sp³-hybridized carbons (Fsp3) is 0.625. The molecule has 0 saturated heterocycles. The van der Waals surface area contributed by atoms with Crippen LogP contribution >= 0.6 is 11.8 Å². The van der Waals surface area contributed by atoms with Gasteiger partial charge >= 0.3 is 5.97 Å². The number of rotatable bonds is 8. The van der Waals surface area contributed by atoms with E-state index in [1.165, 1.54) is 6.08 Å². The van der Waals surface area contributed by atoms with E-state index in [0.717, 1.165) is 11.8 Å². The molecule has 0 bridgehead atoms. The monoisotopic (exact) mass is 224 g/mol. The number of halogens is 1. The molecule has 0 aromatic heterocycles. The highest BCUT2D eigenvalue weighted by molar-refractivity contribution is 7.99. The molecular formula is C8H13FO4S. The Morgan fingerprint density at radius 2 is 2.36 bits per heavy atom. The fourth-order valence-corrected chi connectivity index (χ4v) is 1.30. The van der Waals surface area contributed by atoms with E-state index in [9.17, 15) is 14.3 Å². The van der Waals surface area contributed by atoms with Crippen LogP contribution in [0.15, 0.2) is 12.4 Å². The lowest BCUT2D eigenvalue weighted by atomic mass is 10.4. The van der Waals surface area contributed by atoms with Crippen LogP contribution in [-0.2, 0) is 9.53 Å². The molecule has 1 atom stereocenters. The molecule has 4 nitrogen and oxygen atoms in total. The molecule has 0 heterocycles. The van der Waals surface area contributed by atoms with Crippen molar-refractivity contribution >= 4 is 17.7 Å². The van der Waals surface area contributed by atoms with E-state index < -0.39 is 12.1 Å². The number of aliphatic hydroxyl groups is 1. The van der Waals surface area contributed by atoms with Gasteiger partial charge < -0.3 is 14.9 Å². The topological polar surface area (TPSA) is 66.8 Å². The van der Waals surface area contributed by atoms with Crippen molar-refractivity contribution in [2.45, 2.75) is 6.10 Å². The molecule has 0 aromatic carbocycles. The van der Waals surface area contributed by atoms with Gasteiger partial charge in [0.05, 0.1) is 31.4 Å². The Balaban J connectivity index is 3.27. The van der Waals surface area contributed by atoms with Crippen molar-refractivity contribution in [1.82, 2.24) is 0 Å². The largest absolute Gasteiger partial charge is 0.481 e. The second-order valence-electron chi connectivity index (χ2n) is 2.46. The zero-order valence-electron chi connectivity index (χ0n) is 7.56. The summed E-state index contributed by atoms with van der Waals surface area (Å²) in [6.45, 7) is 0.189. The summed E-state index contributed by atoms with van der Waals surface area (Å²) < 4.78 is 16.3. The van der Waals surface area contributed by atoms with Crippen molar-refractivity contribution in [3.8, 4) is 0 Å². The van der Waals surface area contributed by atoms with Crippen LogP contribution in [0.5, 0.6) is 0 Å². The number of hydrogen-bond acceptors (Lipinski definition) is 4. The number of carboxylic acid groups (broad SMARTS) is 1. The molecule has 0 aliphatic rings. The third-order valence-electron chi connectivity index (χ3n) is 1.15. The number of thioether (sulfide) groups is 1. The van der Waals surface area contributed by atoms with Crippen molar-refractivity contribution in [2.24, 2.45) is 0 Å². The standard InChI is InChI=1S/C8H13FO4S/c9-2-1-3-13-4-7(10)5-14-6-8(11)12/h1-2,7,10H,3-6H2,(H,11,12)/b2-1+. The van der Waals surface area contributed by atoms with Gasteiger partial charge in [0.2, 0.25) is 0 Å². The molecule has 0 aliphatic heterocycles. The van der Waals surface area contributed by atoms with Crippen LogP contribution in [0.4, 0.5) is 4.39 Å². The number of aliphatic hydroxyl groups excluding tert-OH is 1. The van der Waals surface area contributed by atoms with Gasteiger partial charge in [-0.1, -0.05) is 0 Å². The molecule has 0 spiro atoms. The van der Waals surface area contributed by atoms with Gasteiger partial charge in [0.15, 0.2) is 0 Å². The minimum atomic E-state index is -0.913. The summed E-state index contributed by atoms with van der Waals surface area (Å²) in [6.07, 6.45) is 0.829. The number of carbonyl (C=O) groups is 1. The Bertz CT molecular complexity index is 186. The van der Waals surface area contributed by atoms with Crippen LogP contribution in [-0.4, -0.2) is 47.0 Å². The molecule has 14 heavy (non-hydrogen) atoms. The predicted octanol–water partition coefficient (Wildman–Crippen LogP) is 0.665. The summed E-state index contributed by atoms with van der Waals surface area (Å²) in [4.78, 5) is 10.1. The molecule has 0 amide bonds. The van der Waals surface area contributed by atoms with Gasteiger partial charge in [-0.15, -0.1) is 11.8 Å². The maximum atomic E-state index is 11.4. The van der Waals surface area contributed by atoms with Crippen LogP contribution in [0, 0.1) is 0 Å². The van der Waals surface area contributed by atoms with E-state index in [-0.39, 0.29) is 19.0 Å². The lowest BCUT2D eigenvalue weighted by molar-refractivity contribution is -0.133. The lowest BCUT2D eigenvalue weighted by Crippen LogP contribution is -2.19. The number of hydrogen-bond donors (Lipinski definition) is 2. The normalized spacial score (nSPS) is 13.3. The van der Waals surface area contributed by atoms with Gasteiger partial charge in [0.25, 0.3) is 0 Å². The first-order valence-corrected chi connectivity index (χ1v) is 5.13. The average molecular weight is 224 g/mol. The molecule has 0 saturated carbocycles. The zero-order valence-corrected chi connectivity index (χ0v) is 8.37. The van der Waals surface area contributed by atoms with Gasteiger partial charge in [0.1, 0.15) is 0 Å². The Kier molecular flexibility index (Phi) is 8.61. The third-order valence-corrected chi connectivity index (χ3v) is 2.22. The van der Waals surface area contributed by atoms with E-state index in [0.29, 0.717) is 12.1 Å². The van der Waals surface area contributed by atoms with E-state index in [1.54, 1.807) is 0 Å². The molecule has 82 valence electrons. The third kappa shape index (κ3) is 9.50. The average Bonchev–Trinajstić information content (AvgIpc) is 2.12. The van der Waals surface area contributed by atoms with Gasteiger partial charge in [-0.05, 0) is 6.08 Å². The maximum Gasteiger partial charge on any atom is 0.313 e. The summed E-state index contributed by atoms with van der Waals surface area (Å²) in [7, 11) is 0. The minimum absolute atomic E-state index is 0.0402. The molecule has 2 N–H and O–H groups in total. The van der Waals surface area contributed by atoms with Crippen molar-refractivity contribution in [2.75, 3.05) is 24.7 Å². The first-order chi connectivity index (χ1) is 6.66. The summed E-state index contributed by atoms with van der Waals surface area (Å²) >= 11 is 1.11. The Morgan fingerprint density at radius 1 is 1.64 bits per heavy atom. The fourth-order valence-electron chi connectivity index (χ4n) is 0.639. The van der Waals surface area contributed by atoms with Crippen molar-refractivity contribution < 1.29 is 24.1 Å². The lowest BCUT2D eigenvalue weighted by Gasteiger charge is -2.08. The summed E-state index contributed by atoms with van der Waals surface area (Å²) in [6, 6.07) is 0. The van der Waals surface area contributed by atoms with Crippen LogP contribution in [0.25, 0.3) is 0 Å². The van der Waals surface area contributed by atoms with E-state index in [1.807, 2.05) is 0 Å². The Morgan fingerprint density at radius 3 is 2.93 bits per heavy atom. The Hall–Kier alpha value is -0.590. The highest BCUT2D eigenvalue weighted by Crippen LogP contribution is 2.02. The van der Waals surface area contributed by atoms with E-state index >= 15 is 0 Å². The Labute approximate surface area is 85.8 Å². The highest BCUT2D eigenvalue weighted by atomic mass is 32.2. The molecule has 1 unspecified atom stereocenters. The van der Waals surface area contributed by atoms with Crippen LogP contribution in [0.2, 0.25) is 0 Å². The molecule has 0 aliphatic carbocycles. The number of carboxylic acids is 1. The molecule has 6 heteroatoms. The van der Waals surface area contributed by atoms with Crippen LogP contribution < -0.4 is 0 Å². The van der Waals surface area contributed by atoms with Crippen LogP contribution in [0.1, 0.15) is 0 Å². The van der Waals surface area contributed by atoms with Gasteiger partial charge in [0, 0.05) is 5.75 Å². The first kappa shape index (κ1) is 13.4. The zero-order chi connectivity index (χ0) is 10.8. The van der Waals surface area contributed by atoms with Gasteiger partial charge in [-0.2, -0.15) is 0 Å². The summed E-state index contributed by atoms with van der Waals surface area (Å²) in [5.41, 5.74) is 0. The molecule has 0 radical (unpaired) electrons. The van der Waals surface area contributed by atoms with Crippen molar-refractivity contribution in [3.05, 3.63) is 12.4 Å². The van der Waals surface area contributed by atoms with E-state index in [2.05, 4.69) is 0 Å². The number of aliphatic carboxylic acids is 1. The maximum absolute atomic E-state index is 11.4. The van der Waals surface area contributed by atoms with Gasteiger partial charge in [-0.3, -0.25) is 4.79 Å². The number of ether oxygens (including phenoxy) is 1. The first-order valence-electron chi connectivity index (χ1n) is 3.97. The second-order valence-corrected chi connectivity index (χ2v) is 3.49. The van der Waals surface area contributed by atoms with Crippen molar-refractivity contribution in [1.29, 1.82) is 0 Å². The SMILES string of the molecule is O=C(O)CSCC(O)COC/C=C/F. The molecule has 0 rings (SSSR count). The second kappa shape index (κ2) is 8.98. The predicted molar refractivity (Wildman–Crippen MR) is 52.0 cm³/mol. The van der Waals surface area contributed by atoms with Crippen molar-refractivity contribution in [3.63, 3.8) is 0 Å². The highest BCUT2D eigenvalue weighted by Gasteiger charge is 2.05. The van der Waals surface area contributed by atoms with E-state index in [4.69, 9.17) is 9.84 Å². The quantitative estimate of drug-likeness (QED) is 0.593. The summed E-state index contributed by atoms with van der Waals surface area (Å²) in [5, 5.41) is 17.5. The van der Waals surface area contributed by atoms with Gasteiger partial charge in [-0.25, -0.2) is 4.39 Å². The summed E-state index contributed by atoms with van der Waals surface area (Å²) in [5.74, 6) is -0.656.